The molecule has 7 heteroatoms. The van der Waals surface area contributed by atoms with Gasteiger partial charge in [-0.3, -0.25) is 9.59 Å². The lowest BCUT2D eigenvalue weighted by atomic mass is 10.1. The summed E-state index contributed by atoms with van der Waals surface area (Å²) in [5, 5.41) is 4.38. The van der Waals surface area contributed by atoms with Gasteiger partial charge in [-0.1, -0.05) is 22.9 Å². The summed E-state index contributed by atoms with van der Waals surface area (Å²) in [4.78, 5) is 24.5. The van der Waals surface area contributed by atoms with Gasteiger partial charge >= 0.3 is 4.87 Å². The van der Waals surface area contributed by atoms with Crippen LogP contribution in [0.3, 0.4) is 0 Å². The molecule has 0 fully saturated rings. The van der Waals surface area contributed by atoms with E-state index in [1.165, 1.54) is 6.92 Å². The van der Waals surface area contributed by atoms with Crippen LogP contribution in [0.4, 0.5) is 0 Å². The maximum atomic E-state index is 11.3. The van der Waals surface area contributed by atoms with E-state index in [9.17, 15) is 9.59 Å². The summed E-state index contributed by atoms with van der Waals surface area (Å²) in [5.74, 6) is -0.243. The van der Waals surface area contributed by atoms with E-state index in [1.54, 1.807) is 13.0 Å². The number of hydrazone groups is 1. The van der Waals surface area contributed by atoms with Crippen molar-refractivity contribution in [2.24, 2.45) is 5.10 Å². The minimum atomic E-state index is -0.243. The van der Waals surface area contributed by atoms with Crippen molar-refractivity contribution in [1.82, 2.24) is 10.4 Å². The second-order valence-electron chi connectivity index (χ2n) is 3.71. The number of thiazole rings is 1. The third-order valence-electron chi connectivity index (χ3n) is 2.28. The first-order valence-corrected chi connectivity index (χ1v) is 6.30. The van der Waals surface area contributed by atoms with Gasteiger partial charge in [0, 0.05) is 12.5 Å². The zero-order valence-electron chi connectivity index (χ0n) is 9.70. The Morgan fingerprint density at radius 1 is 1.44 bits per heavy atom. The number of nitrogens with one attached hydrogen (secondary N) is 2. The zero-order valence-corrected chi connectivity index (χ0v) is 11.3. The number of amides is 1. The SMILES string of the molecule is CC(=O)N/N=C(\C)c1cc(Cl)c2[nH]c(=O)sc2c1. The average molecular weight is 284 g/mol. The predicted molar refractivity (Wildman–Crippen MR) is 73.5 cm³/mol. The largest absolute Gasteiger partial charge is 0.311 e. The first-order valence-electron chi connectivity index (χ1n) is 5.11. The van der Waals surface area contributed by atoms with E-state index < -0.39 is 0 Å². The highest BCUT2D eigenvalue weighted by Gasteiger charge is 2.08. The van der Waals surface area contributed by atoms with Crippen LogP contribution in [-0.4, -0.2) is 16.6 Å². The van der Waals surface area contributed by atoms with Crippen LogP contribution in [0.25, 0.3) is 10.2 Å². The molecule has 0 saturated carbocycles. The van der Waals surface area contributed by atoms with E-state index in [4.69, 9.17) is 11.6 Å². The van der Waals surface area contributed by atoms with Crippen LogP contribution in [0.15, 0.2) is 22.0 Å². The molecule has 5 nitrogen and oxygen atoms in total. The van der Waals surface area contributed by atoms with Crippen LogP contribution in [0, 0.1) is 0 Å². The molecule has 0 aliphatic heterocycles. The van der Waals surface area contributed by atoms with Crippen LogP contribution in [-0.2, 0) is 4.79 Å². The highest BCUT2D eigenvalue weighted by Crippen LogP contribution is 2.25. The molecular formula is C11H10ClN3O2S. The molecular weight excluding hydrogens is 274 g/mol. The van der Waals surface area contributed by atoms with Gasteiger partial charge < -0.3 is 4.98 Å². The first kappa shape index (κ1) is 12.8. The van der Waals surface area contributed by atoms with Crippen molar-refractivity contribution in [3.63, 3.8) is 0 Å². The van der Waals surface area contributed by atoms with E-state index in [2.05, 4.69) is 15.5 Å². The summed E-state index contributed by atoms with van der Waals surface area (Å²) in [6, 6.07) is 3.51. The molecule has 1 aromatic heterocycles. The van der Waals surface area contributed by atoms with Gasteiger partial charge in [0.2, 0.25) is 5.91 Å². The molecule has 0 saturated heterocycles. The van der Waals surface area contributed by atoms with E-state index in [0.717, 1.165) is 21.6 Å². The van der Waals surface area contributed by atoms with Crippen LogP contribution in [0.2, 0.25) is 5.02 Å². The van der Waals surface area contributed by atoms with E-state index in [-0.39, 0.29) is 10.8 Å². The molecule has 1 aromatic carbocycles. The molecule has 0 radical (unpaired) electrons. The monoisotopic (exact) mass is 283 g/mol. The van der Waals surface area contributed by atoms with Crippen LogP contribution < -0.4 is 10.3 Å². The highest BCUT2D eigenvalue weighted by atomic mass is 35.5. The number of benzene rings is 1. The Balaban J connectivity index is 2.49. The van der Waals surface area contributed by atoms with Crippen molar-refractivity contribution in [3.8, 4) is 0 Å². The Bertz CT molecular complexity index is 702. The third kappa shape index (κ3) is 2.60. The lowest BCUT2D eigenvalue weighted by molar-refractivity contribution is -0.118. The van der Waals surface area contributed by atoms with Gasteiger partial charge in [-0.05, 0) is 19.1 Å². The lowest BCUT2D eigenvalue weighted by Gasteiger charge is -2.02. The lowest BCUT2D eigenvalue weighted by Crippen LogP contribution is -2.15. The molecule has 1 amide bonds. The topological polar surface area (TPSA) is 74.3 Å². The summed E-state index contributed by atoms with van der Waals surface area (Å²) in [7, 11) is 0. The molecule has 2 aromatic rings. The Kier molecular flexibility index (Phi) is 3.49. The van der Waals surface area contributed by atoms with Crippen molar-refractivity contribution >= 4 is 44.8 Å². The molecule has 2 rings (SSSR count). The summed E-state index contributed by atoms with van der Waals surface area (Å²) in [6.45, 7) is 3.13. The Morgan fingerprint density at radius 3 is 2.83 bits per heavy atom. The number of aromatic nitrogens is 1. The molecule has 0 spiro atoms. The number of nitrogens with zero attached hydrogens (tertiary/aromatic N) is 1. The standard InChI is InChI=1S/C11H10ClN3O2S/c1-5(14-15-6(2)16)7-3-8(12)10-9(4-7)18-11(17)13-10/h3-4H,1-2H3,(H,13,17)(H,15,16)/b14-5+. The number of fused-ring (bicyclic) bond motifs is 1. The minimum absolute atomic E-state index is 0.152. The summed E-state index contributed by atoms with van der Waals surface area (Å²) >= 11 is 7.16. The molecule has 18 heavy (non-hydrogen) atoms. The summed E-state index contributed by atoms with van der Waals surface area (Å²) in [6.07, 6.45) is 0. The molecule has 94 valence electrons. The number of rotatable bonds is 2. The van der Waals surface area contributed by atoms with Crippen LogP contribution in [0.5, 0.6) is 0 Å². The van der Waals surface area contributed by atoms with Gasteiger partial charge in [-0.25, -0.2) is 5.43 Å². The molecule has 0 bridgehead atoms. The highest BCUT2D eigenvalue weighted by molar-refractivity contribution is 7.16. The molecule has 0 atom stereocenters. The predicted octanol–water partition coefficient (Wildman–Crippen LogP) is 2.10. The van der Waals surface area contributed by atoms with Crippen molar-refractivity contribution in [2.45, 2.75) is 13.8 Å². The smallest absolute Gasteiger partial charge is 0.305 e. The number of H-pyrrole nitrogens is 1. The fourth-order valence-electron chi connectivity index (χ4n) is 1.45. The average Bonchev–Trinajstić information content (AvgIpc) is 2.67. The Hall–Kier alpha value is -1.66. The third-order valence-corrected chi connectivity index (χ3v) is 3.41. The fourth-order valence-corrected chi connectivity index (χ4v) is 2.57. The van der Waals surface area contributed by atoms with E-state index in [1.807, 2.05) is 6.07 Å². The molecule has 0 unspecified atom stereocenters. The fraction of sp³-hybridized carbons (Fsp3) is 0.182. The van der Waals surface area contributed by atoms with Gasteiger partial charge in [-0.15, -0.1) is 0 Å². The number of carbonyl (C=O) groups excluding carboxylic acids is 1. The second kappa shape index (κ2) is 4.91. The number of hydrogen-bond donors (Lipinski definition) is 2. The molecule has 0 aliphatic carbocycles. The quantitative estimate of drug-likeness (QED) is 0.654. The second-order valence-corrected chi connectivity index (χ2v) is 5.13. The van der Waals surface area contributed by atoms with Crippen LogP contribution in [0.1, 0.15) is 19.4 Å². The number of carbonyl (C=O) groups is 1. The van der Waals surface area contributed by atoms with Crippen LogP contribution >= 0.6 is 22.9 Å². The molecule has 1 heterocycles. The van der Waals surface area contributed by atoms with Crippen molar-refractivity contribution < 1.29 is 4.79 Å². The molecule has 2 N–H and O–H groups in total. The Morgan fingerprint density at radius 2 is 2.17 bits per heavy atom. The number of halogens is 1. The van der Waals surface area contributed by atoms with Gasteiger partial charge in [-0.2, -0.15) is 5.10 Å². The normalized spacial score (nSPS) is 11.8. The van der Waals surface area contributed by atoms with E-state index in [0.29, 0.717) is 16.3 Å². The first-order chi connectivity index (χ1) is 8.47. The van der Waals surface area contributed by atoms with Gasteiger partial charge in [0.1, 0.15) is 0 Å². The maximum Gasteiger partial charge on any atom is 0.305 e. The van der Waals surface area contributed by atoms with Crippen molar-refractivity contribution in [3.05, 3.63) is 32.4 Å². The van der Waals surface area contributed by atoms with E-state index >= 15 is 0 Å². The maximum absolute atomic E-state index is 11.3. The summed E-state index contributed by atoms with van der Waals surface area (Å²) < 4.78 is 0.764. The van der Waals surface area contributed by atoms with Gasteiger partial charge in [0.15, 0.2) is 0 Å². The molecule has 0 aliphatic rings. The summed E-state index contributed by atoms with van der Waals surface area (Å²) in [5.41, 5.74) is 4.36. The Labute approximate surface area is 111 Å². The zero-order chi connectivity index (χ0) is 13.3. The van der Waals surface area contributed by atoms with Crippen molar-refractivity contribution in [2.75, 3.05) is 0 Å². The number of aromatic amines is 1. The van der Waals surface area contributed by atoms with Gasteiger partial charge in [0.25, 0.3) is 0 Å². The van der Waals surface area contributed by atoms with Crippen molar-refractivity contribution in [1.29, 1.82) is 0 Å². The minimum Gasteiger partial charge on any atom is -0.311 e. The number of hydrogen-bond acceptors (Lipinski definition) is 4. The van der Waals surface area contributed by atoms with Gasteiger partial charge in [0.05, 0.1) is 21.0 Å².